The average molecular weight is 320 g/mol. The number of hydrogen-bond donors (Lipinski definition) is 0. The minimum Gasteiger partial charge on any atom is -0.497 e. The van der Waals surface area contributed by atoms with E-state index in [0.29, 0.717) is 4.34 Å². The minimum atomic E-state index is -0.467. The summed E-state index contributed by atoms with van der Waals surface area (Å²) in [5.74, 6) is 0.551. The quantitative estimate of drug-likeness (QED) is 0.639. The maximum absolute atomic E-state index is 11.8. The second-order valence-corrected chi connectivity index (χ2v) is 5.95. The van der Waals surface area contributed by atoms with Crippen LogP contribution in [0.3, 0.4) is 0 Å². The number of aliphatic imine (C=N–C) groups is 1. The van der Waals surface area contributed by atoms with E-state index in [9.17, 15) is 4.79 Å². The molecule has 0 spiro atoms. The molecule has 1 aromatic carbocycles. The van der Waals surface area contributed by atoms with E-state index in [1.165, 1.54) is 11.3 Å². The fourth-order valence-electron chi connectivity index (χ4n) is 1.81. The second kappa shape index (κ2) is 5.71. The van der Waals surface area contributed by atoms with Crippen molar-refractivity contribution in [3.8, 4) is 5.75 Å². The molecule has 1 aliphatic heterocycles. The van der Waals surface area contributed by atoms with Crippen molar-refractivity contribution < 1.29 is 14.3 Å². The van der Waals surface area contributed by atoms with Crippen molar-refractivity contribution in [1.29, 1.82) is 0 Å². The Morgan fingerprint density at radius 1 is 1.24 bits per heavy atom. The first kappa shape index (κ1) is 13.9. The van der Waals surface area contributed by atoms with Gasteiger partial charge in [0.1, 0.15) is 5.75 Å². The topological polar surface area (TPSA) is 47.9 Å². The highest BCUT2D eigenvalue weighted by Gasteiger charge is 2.24. The van der Waals surface area contributed by atoms with Crippen LogP contribution >= 0.6 is 22.9 Å². The lowest BCUT2D eigenvalue weighted by molar-refractivity contribution is -0.129. The summed E-state index contributed by atoms with van der Waals surface area (Å²) in [6.07, 6.45) is 1.66. The fraction of sp³-hybridized carbons (Fsp3) is 0.0667. The van der Waals surface area contributed by atoms with Gasteiger partial charge in [-0.25, -0.2) is 9.79 Å². The van der Waals surface area contributed by atoms with Crippen LogP contribution in [0.1, 0.15) is 10.4 Å². The molecule has 2 aromatic rings. The predicted octanol–water partition coefficient (Wildman–Crippen LogP) is 3.75. The molecule has 0 N–H and O–H groups in total. The molecule has 0 bridgehead atoms. The van der Waals surface area contributed by atoms with Crippen LogP contribution in [0.25, 0.3) is 6.08 Å². The molecule has 0 aliphatic carbocycles. The molecule has 4 nitrogen and oxygen atoms in total. The molecule has 1 aromatic heterocycles. The molecule has 6 heteroatoms. The van der Waals surface area contributed by atoms with E-state index in [2.05, 4.69) is 4.99 Å². The van der Waals surface area contributed by atoms with Gasteiger partial charge in [-0.3, -0.25) is 0 Å². The number of cyclic esters (lactones) is 1. The SMILES string of the molecule is COc1ccc(C2=NC(=Cc3ccc(Cl)s3)C(=O)O2)cc1. The zero-order chi connectivity index (χ0) is 14.8. The standard InChI is InChI=1S/C15H10ClNO3S/c1-19-10-4-2-9(3-5-10)14-17-12(15(18)20-14)8-11-6-7-13(16)21-11/h2-8H,1H3. The molecule has 21 heavy (non-hydrogen) atoms. The smallest absolute Gasteiger partial charge is 0.363 e. The van der Waals surface area contributed by atoms with Crippen LogP contribution in [0.2, 0.25) is 4.34 Å². The van der Waals surface area contributed by atoms with E-state index in [1.807, 2.05) is 6.07 Å². The molecule has 1 aliphatic rings. The summed E-state index contributed by atoms with van der Waals surface area (Å²) in [7, 11) is 1.59. The van der Waals surface area contributed by atoms with Crippen LogP contribution in [-0.2, 0) is 9.53 Å². The third-order valence-corrected chi connectivity index (χ3v) is 4.01. The highest BCUT2D eigenvalue weighted by Crippen LogP contribution is 2.26. The largest absolute Gasteiger partial charge is 0.497 e. The van der Waals surface area contributed by atoms with Gasteiger partial charge < -0.3 is 9.47 Å². The molecule has 0 amide bonds. The lowest BCUT2D eigenvalue weighted by Crippen LogP contribution is -2.05. The van der Waals surface area contributed by atoms with Crippen molar-refractivity contribution in [3.05, 3.63) is 56.9 Å². The first-order valence-corrected chi connectivity index (χ1v) is 7.27. The summed E-state index contributed by atoms with van der Waals surface area (Å²) in [4.78, 5) is 16.9. The molecule has 0 radical (unpaired) electrons. The van der Waals surface area contributed by atoms with Gasteiger partial charge in [-0.1, -0.05) is 11.6 Å². The minimum absolute atomic E-state index is 0.263. The number of ether oxygens (including phenoxy) is 2. The van der Waals surface area contributed by atoms with Gasteiger partial charge >= 0.3 is 5.97 Å². The maximum Gasteiger partial charge on any atom is 0.363 e. The highest BCUT2D eigenvalue weighted by atomic mass is 35.5. The molecular weight excluding hydrogens is 310 g/mol. The summed E-state index contributed by atoms with van der Waals surface area (Å²) < 4.78 is 10.9. The van der Waals surface area contributed by atoms with Gasteiger partial charge in [-0.2, -0.15) is 0 Å². The van der Waals surface area contributed by atoms with Crippen LogP contribution in [0.4, 0.5) is 0 Å². The molecule has 0 unspecified atom stereocenters. The molecular formula is C15H10ClNO3S. The second-order valence-electron chi connectivity index (χ2n) is 4.21. The third-order valence-electron chi connectivity index (χ3n) is 2.83. The van der Waals surface area contributed by atoms with E-state index in [4.69, 9.17) is 21.1 Å². The van der Waals surface area contributed by atoms with Gasteiger partial charge in [-0.15, -0.1) is 11.3 Å². The molecule has 0 fully saturated rings. The van der Waals surface area contributed by atoms with Gasteiger partial charge in [0.2, 0.25) is 5.90 Å². The highest BCUT2D eigenvalue weighted by molar-refractivity contribution is 7.17. The monoisotopic (exact) mass is 319 g/mol. The number of carbonyl (C=O) groups is 1. The van der Waals surface area contributed by atoms with Gasteiger partial charge in [-0.05, 0) is 42.5 Å². The predicted molar refractivity (Wildman–Crippen MR) is 82.9 cm³/mol. The number of carbonyl (C=O) groups excluding carboxylic acids is 1. The van der Waals surface area contributed by atoms with Crippen LogP contribution in [0.5, 0.6) is 5.75 Å². The Hall–Kier alpha value is -2.11. The van der Waals surface area contributed by atoms with E-state index < -0.39 is 5.97 Å². The number of esters is 1. The Kier molecular flexibility index (Phi) is 3.77. The van der Waals surface area contributed by atoms with Crippen LogP contribution in [0, 0.1) is 0 Å². The number of methoxy groups -OCH3 is 1. The first-order valence-electron chi connectivity index (χ1n) is 6.08. The van der Waals surface area contributed by atoms with Crippen LogP contribution < -0.4 is 4.74 Å². The zero-order valence-corrected chi connectivity index (χ0v) is 12.6. The number of thiophene rings is 1. The molecule has 2 heterocycles. The summed E-state index contributed by atoms with van der Waals surface area (Å²) in [5, 5.41) is 0. The lowest BCUT2D eigenvalue weighted by atomic mass is 10.2. The Balaban J connectivity index is 1.89. The van der Waals surface area contributed by atoms with E-state index in [-0.39, 0.29) is 11.6 Å². The van der Waals surface area contributed by atoms with Crippen LogP contribution in [0.15, 0.2) is 47.1 Å². The fourth-order valence-corrected chi connectivity index (χ4v) is 2.80. The number of nitrogens with zero attached hydrogens (tertiary/aromatic N) is 1. The van der Waals surface area contributed by atoms with Gasteiger partial charge in [0.15, 0.2) is 5.70 Å². The summed E-state index contributed by atoms with van der Waals surface area (Å²) in [5.41, 5.74) is 0.982. The lowest BCUT2D eigenvalue weighted by Gasteiger charge is -2.01. The Labute approximate surface area is 130 Å². The van der Waals surface area contributed by atoms with E-state index >= 15 is 0 Å². The number of halogens is 1. The summed E-state index contributed by atoms with van der Waals surface area (Å²) >= 11 is 7.23. The Bertz CT molecular complexity index is 747. The third kappa shape index (κ3) is 2.99. The zero-order valence-electron chi connectivity index (χ0n) is 11.0. The molecule has 106 valence electrons. The molecule has 0 saturated carbocycles. The van der Waals surface area contributed by atoms with Crippen molar-refractivity contribution >= 4 is 40.9 Å². The van der Waals surface area contributed by atoms with Crippen molar-refractivity contribution in [2.45, 2.75) is 0 Å². The van der Waals surface area contributed by atoms with Gasteiger partial charge in [0.25, 0.3) is 0 Å². The van der Waals surface area contributed by atoms with E-state index in [1.54, 1.807) is 43.5 Å². The van der Waals surface area contributed by atoms with Gasteiger partial charge in [0, 0.05) is 10.4 Å². The van der Waals surface area contributed by atoms with Crippen molar-refractivity contribution in [3.63, 3.8) is 0 Å². The first-order chi connectivity index (χ1) is 10.2. The Morgan fingerprint density at radius 3 is 2.62 bits per heavy atom. The van der Waals surface area contributed by atoms with Crippen LogP contribution in [-0.4, -0.2) is 19.0 Å². The molecule has 0 saturated heterocycles. The Morgan fingerprint density at radius 2 is 2.00 bits per heavy atom. The maximum atomic E-state index is 11.8. The van der Waals surface area contributed by atoms with Crippen molar-refractivity contribution in [2.24, 2.45) is 4.99 Å². The van der Waals surface area contributed by atoms with E-state index in [0.717, 1.165) is 16.2 Å². The molecule has 0 atom stereocenters. The average Bonchev–Trinajstić information content (AvgIpc) is 3.06. The van der Waals surface area contributed by atoms with Crippen molar-refractivity contribution in [2.75, 3.05) is 7.11 Å². The normalized spacial score (nSPS) is 16.0. The number of benzene rings is 1. The summed E-state index contributed by atoms with van der Waals surface area (Å²) in [6, 6.07) is 10.7. The number of hydrogen-bond acceptors (Lipinski definition) is 5. The van der Waals surface area contributed by atoms with Crippen molar-refractivity contribution in [1.82, 2.24) is 0 Å². The number of rotatable bonds is 3. The molecule has 3 rings (SSSR count). The summed E-state index contributed by atoms with van der Waals surface area (Å²) in [6.45, 7) is 0. The van der Waals surface area contributed by atoms with Gasteiger partial charge in [0.05, 0.1) is 11.4 Å².